The zero-order valence-corrected chi connectivity index (χ0v) is 17.7. The summed E-state index contributed by atoms with van der Waals surface area (Å²) in [5, 5.41) is 3.86. The summed E-state index contributed by atoms with van der Waals surface area (Å²) in [7, 11) is 1.64. The molecule has 1 atom stereocenters. The number of nitrogens with zero attached hydrogens (tertiary/aromatic N) is 1. The van der Waals surface area contributed by atoms with Crippen LogP contribution in [0.5, 0.6) is 11.5 Å². The average molecular weight is 439 g/mol. The molecule has 2 aromatic carbocycles. The topological polar surface area (TPSA) is 60.0 Å². The molecule has 0 unspecified atom stereocenters. The maximum absolute atomic E-state index is 12.4. The Morgan fingerprint density at radius 3 is 2.59 bits per heavy atom. The van der Waals surface area contributed by atoms with Crippen LogP contribution in [0.4, 0.5) is 0 Å². The van der Waals surface area contributed by atoms with Gasteiger partial charge in [-0.15, -0.1) is 0 Å². The van der Waals surface area contributed by atoms with Crippen molar-refractivity contribution in [3.63, 3.8) is 0 Å². The van der Waals surface area contributed by atoms with Gasteiger partial charge in [0.05, 0.1) is 31.4 Å². The Kier molecular flexibility index (Phi) is 8.00. The van der Waals surface area contributed by atoms with E-state index in [1.54, 1.807) is 25.3 Å². The van der Waals surface area contributed by atoms with E-state index in [1.807, 2.05) is 24.3 Å². The lowest BCUT2D eigenvalue weighted by Gasteiger charge is -2.35. The third-order valence-corrected chi connectivity index (χ3v) is 5.28. The molecule has 2 aromatic rings. The zero-order valence-electron chi connectivity index (χ0n) is 16.2. The first-order chi connectivity index (χ1) is 14.1. The fourth-order valence-corrected chi connectivity index (χ4v) is 3.50. The Morgan fingerprint density at radius 2 is 1.90 bits per heavy atom. The van der Waals surface area contributed by atoms with E-state index in [1.165, 1.54) is 0 Å². The molecule has 8 heteroatoms. The molecule has 1 amide bonds. The van der Waals surface area contributed by atoms with Crippen molar-refractivity contribution in [1.29, 1.82) is 0 Å². The number of hydrogen-bond acceptors (Lipinski definition) is 5. The van der Waals surface area contributed by atoms with Gasteiger partial charge >= 0.3 is 0 Å². The number of carbonyl (C=O) groups is 1. The van der Waals surface area contributed by atoms with E-state index in [0.717, 1.165) is 24.4 Å². The highest BCUT2D eigenvalue weighted by atomic mass is 35.5. The molecule has 1 fully saturated rings. The van der Waals surface area contributed by atoms with Gasteiger partial charge in [0, 0.05) is 30.7 Å². The minimum Gasteiger partial charge on any atom is -0.497 e. The van der Waals surface area contributed by atoms with Crippen LogP contribution in [0.15, 0.2) is 42.5 Å². The molecule has 0 spiro atoms. The Labute approximate surface area is 180 Å². The number of methoxy groups -OCH3 is 1. The maximum atomic E-state index is 12.4. The Balaban J connectivity index is 1.61. The summed E-state index contributed by atoms with van der Waals surface area (Å²) in [5.41, 5.74) is 1.10. The third kappa shape index (κ3) is 6.24. The summed E-state index contributed by atoms with van der Waals surface area (Å²) >= 11 is 12.0. The second-order valence-corrected chi connectivity index (χ2v) is 7.45. The second kappa shape index (κ2) is 10.7. The van der Waals surface area contributed by atoms with E-state index in [-0.39, 0.29) is 18.6 Å². The van der Waals surface area contributed by atoms with Gasteiger partial charge in [0.15, 0.2) is 6.61 Å². The molecule has 1 saturated heterocycles. The van der Waals surface area contributed by atoms with Gasteiger partial charge in [-0.25, -0.2) is 0 Å². The quantitative estimate of drug-likeness (QED) is 0.682. The second-order valence-electron chi connectivity index (χ2n) is 6.60. The molecule has 1 N–H and O–H groups in total. The number of carbonyl (C=O) groups excluding carboxylic acids is 1. The highest BCUT2D eigenvalue weighted by Gasteiger charge is 2.23. The molecule has 1 aliphatic rings. The van der Waals surface area contributed by atoms with Gasteiger partial charge in [-0.05, 0) is 29.8 Å². The summed E-state index contributed by atoms with van der Waals surface area (Å²) < 4.78 is 16.2. The van der Waals surface area contributed by atoms with E-state index >= 15 is 0 Å². The third-order valence-electron chi connectivity index (χ3n) is 4.73. The average Bonchev–Trinajstić information content (AvgIpc) is 2.75. The highest BCUT2D eigenvalue weighted by molar-refractivity contribution is 6.34. The van der Waals surface area contributed by atoms with Crippen LogP contribution in [-0.2, 0) is 9.53 Å². The van der Waals surface area contributed by atoms with Crippen LogP contribution >= 0.6 is 23.2 Å². The Morgan fingerprint density at radius 1 is 1.17 bits per heavy atom. The minimum absolute atomic E-state index is 0.0310. The molecule has 6 nitrogen and oxygen atoms in total. The van der Waals surface area contributed by atoms with E-state index in [9.17, 15) is 4.79 Å². The number of nitrogens with one attached hydrogen (secondary N) is 1. The van der Waals surface area contributed by atoms with Crippen molar-refractivity contribution in [3.05, 3.63) is 58.1 Å². The van der Waals surface area contributed by atoms with Crippen molar-refractivity contribution in [2.45, 2.75) is 6.04 Å². The predicted molar refractivity (Wildman–Crippen MR) is 113 cm³/mol. The summed E-state index contributed by atoms with van der Waals surface area (Å²) in [4.78, 5) is 14.7. The van der Waals surface area contributed by atoms with Gasteiger partial charge in [-0.1, -0.05) is 35.3 Å². The SMILES string of the molecule is COc1ccc([C@@H](CNC(=O)COc2cc(Cl)ccc2Cl)N2CCOCC2)cc1. The Hall–Kier alpha value is -1.99. The fourth-order valence-electron chi connectivity index (χ4n) is 3.17. The maximum Gasteiger partial charge on any atom is 0.258 e. The standard InChI is InChI=1S/C21H24Cl2N2O4/c1-27-17-5-2-15(3-6-17)19(25-8-10-28-11-9-25)13-24-21(26)14-29-20-12-16(22)4-7-18(20)23/h2-7,12,19H,8-11,13-14H2,1H3,(H,24,26)/t19-/m1/s1. The van der Waals surface area contributed by atoms with Gasteiger partial charge < -0.3 is 19.5 Å². The van der Waals surface area contributed by atoms with E-state index in [2.05, 4.69) is 10.2 Å². The molecule has 0 radical (unpaired) electrons. The molecular formula is C21H24Cl2N2O4. The van der Waals surface area contributed by atoms with E-state index in [4.69, 9.17) is 37.4 Å². The lowest BCUT2D eigenvalue weighted by atomic mass is 10.0. The fraction of sp³-hybridized carbons (Fsp3) is 0.381. The van der Waals surface area contributed by atoms with Crippen molar-refractivity contribution in [3.8, 4) is 11.5 Å². The van der Waals surface area contributed by atoms with Crippen molar-refractivity contribution >= 4 is 29.1 Å². The van der Waals surface area contributed by atoms with E-state index in [0.29, 0.717) is 35.6 Å². The monoisotopic (exact) mass is 438 g/mol. The Bertz CT molecular complexity index is 811. The van der Waals surface area contributed by atoms with Gasteiger partial charge in [0.1, 0.15) is 11.5 Å². The molecule has 1 heterocycles. The largest absolute Gasteiger partial charge is 0.497 e. The van der Waals surface area contributed by atoms with Crippen LogP contribution in [-0.4, -0.2) is 57.4 Å². The minimum atomic E-state index is -0.229. The molecule has 0 aliphatic carbocycles. The smallest absolute Gasteiger partial charge is 0.258 e. The zero-order chi connectivity index (χ0) is 20.6. The molecule has 0 saturated carbocycles. The number of amides is 1. The molecule has 0 bridgehead atoms. The summed E-state index contributed by atoms with van der Waals surface area (Å²) in [6.07, 6.45) is 0. The van der Waals surface area contributed by atoms with Crippen LogP contribution in [0.25, 0.3) is 0 Å². The molecule has 1 aliphatic heterocycles. The predicted octanol–water partition coefficient (Wildman–Crippen LogP) is 3.57. The van der Waals surface area contributed by atoms with Gasteiger partial charge in [-0.2, -0.15) is 0 Å². The normalized spacial score (nSPS) is 15.6. The molecule has 3 rings (SSSR count). The lowest BCUT2D eigenvalue weighted by Crippen LogP contribution is -2.44. The van der Waals surface area contributed by atoms with Gasteiger partial charge in [0.2, 0.25) is 0 Å². The number of hydrogen-bond donors (Lipinski definition) is 1. The summed E-state index contributed by atoms with van der Waals surface area (Å²) in [6, 6.07) is 12.8. The molecular weight excluding hydrogens is 415 g/mol. The molecule has 156 valence electrons. The number of morpholine rings is 1. The van der Waals surface area contributed by atoms with Crippen LogP contribution in [0.1, 0.15) is 11.6 Å². The van der Waals surface area contributed by atoms with Gasteiger partial charge in [-0.3, -0.25) is 9.69 Å². The molecule has 0 aromatic heterocycles. The van der Waals surface area contributed by atoms with Crippen molar-refractivity contribution in [2.75, 3.05) is 46.6 Å². The van der Waals surface area contributed by atoms with Crippen molar-refractivity contribution in [1.82, 2.24) is 10.2 Å². The van der Waals surface area contributed by atoms with Crippen molar-refractivity contribution < 1.29 is 19.0 Å². The van der Waals surface area contributed by atoms with Crippen LogP contribution < -0.4 is 14.8 Å². The first-order valence-corrected chi connectivity index (χ1v) is 10.1. The first-order valence-electron chi connectivity index (χ1n) is 9.37. The number of halogens is 2. The van der Waals surface area contributed by atoms with Gasteiger partial charge in [0.25, 0.3) is 5.91 Å². The van der Waals surface area contributed by atoms with Crippen LogP contribution in [0.2, 0.25) is 10.0 Å². The first kappa shape index (κ1) is 21.7. The lowest BCUT2D eigenvalue weighted by molar-refractivity contribution is -0.123. The number of ether oxygens (including phenoxy) is 3. The van der Waals surface area contributed by atoms with Crippen LogP contribution in [0, 0.1) is 0 Å². The summed E-state index contributed by atoms with van der Waals surface area (Å²) in [5.74, 6) is 0.951. The highest BCUT2D eigenvalue weighted by Crippen LogP contribution is 2.27. The van der Waals surface area contributed by atoms with E-state index < -0.39 is 0 Å². The number of rotatable bonds is 8. The summed E-state index contributed by atoms with van der Waals surface area (Å²) in [6.45, 7) is 3.28. The van der Waals surface area contributed by atoms with Crippen molar-refractivity contribution in [2.24, 2.45) is 0 Å². The van der Waals surface area contributed by atoms with Crippen LogP contribution in [0.3, 0.4) is 0 Å². The molecule has 29 heavy (non-hydrogen) atoms. The number of benzene rings is 2.